The molecule has 0 unspecified atom stereocenters. The highest BCUT2D eigenvalue weighted by molar-refractivity contribution is 6.10. The molecule has 3 aromatic rings. The largest absolute Gasteiger partial charge is 0.465 e. The van der Waals surface area contributed by atoms with Gasteiger partial charge in [-0.25, -0.2) is 0 Å². The molecule has 0 aliphatic carbocycles. The Morgan fingerprint density at radius 1 is 0.968 bits per heavy atom. The van der Waals surface area contributed by atoms with E-state index in [0.29, 0.717) is 5.56 Å². The average Bonchev–Trinajstić information content (AvgIpc) is 3.22. The summed E-state index contributed by atoms with van der Waals surface area (Å²) in [6.07, 6.45) is -2.05. The minimum absolute atomic E-state index is 0.245. The molecule has 0 radical (unpaired) electrons. The Labute approximate surface area is 176 Å². The fourth-order valence-electron chi connectivity index (χ4n) is 2.78. The van der Waals surface area contributed by atoms with Crippen molar-refractivity contribution in [3.63, 3.8) is 0 Å². The first kappa shape index (κ1) is 21.9. The summed E-state index contributed by atoms with van der Waals surface area (Å²) in [7, 11) is 0. The van der Waals surface area contributed by atoms with Crippen molar-refractivity contribution in [1.29, 1.82) is 0 Å². The van der Waals surface area contributed by atoms with Gasteiger partial charge in [-0.2, -0.15) is 13.2 Å². The number of halogens is 3. The molecule has 1 aromatic heterocycles. The molecular formula is C23H19F3N2O3. The molecule has 1 heterocycles. The fraction of sp³-hybridized carbons (Fsp3) is 0.130. The highest BCUT2D eigenvalue weighted by Gasteiger charge is 2.33. The number of hydrogen-bond acceptors (Lipinski definition) is 3. The zero-order valence-electron chi connectivity index (χ0n) is 16.7. The van der Waals surface area contributed by atoms with Crippen molar-refractivity contribution in [1.82, 2.24) is 5.32 Å². The van der Waals surface area contributed by atoms with Crippen LogP contribution in [0.1, 0.15) is 32.8 Å². The van der Waals surface area contributed by atoms with Crippen LogP contribution in [-0.4, -0.2) is 11.8 Å². The van der Waals surface area contributed by atoms with Gasteiger partial charge in [-0.15, -0.1) is 0 Å². The van der Waals surface area contributed by atoms with Gasteiger partial charge in [0, 0.05) is 11.6 Å². The van der Waals surface area contributed by atoms with Crippen molar-refractivity contribution in [2.75, 3.05) is 5.32 Å². The summed E-state index contributed by atoms with van der Waals surface area (Å²) in [4.78, 5) is 25.5. The van der Waals surface area contributed by atoms with Crippen LogP contribution in [0, 0.1) is 13.8 Å². The highest BCUT2D eigenvalue weighted by atomic mass is 19.4. The second-order valence-electron chi connectivity index (χ2n) is 6.82. The van der Waals surface area contributed by atoms with E-state index in [0.717, 1.165) is 23.3 Å². The number of benzene rings is 2. The third kappa shape index (κ3) is 5.42. The van der Waals surface area contributed by atoms with Crippen molar-refractivity contribution in [2.45, 2.75) is 20.0 Å². The Bertz CT molecular complexity index is 1130. The minimum Gasteiger partial charge on any atom is -0.465 e. The predicted octanol–water partition coefficient (Wildman–Crippen LogP) is 5.32. The second-order valence-corrected chi connectivity index (χ2v) is 6.82. The summed E-state index contributed by atoms with van der Waals surface area (Å²) in [5, 5.41) is 4.69. The van der Waals surface area contributed by atoms with Gasteiger partial charge >= 0.3 is 6.18 Å². The van der Waals surface area contributed by atoms with Gasteiger partial charge in [0.1, 0.15) is 11.5 Å². The Balaban J connectivity index is 1.90. The smallest absolute Gasteiger partial charge is 0.418 e. The number of amides is 2. The Hall–Kier alpha value is -3.81. The van der Waals surface area contributed by atoms with Gasteiger partial charge in [-0.1, -0.05) is 18.2 Å². The Morgan fingerprint density at radius 2 is 1.71 bits per heavy atom. The van der Waals surface area contributed by atoms with E-state index in [1.165, 1.54) is 24.5 Å². The standard InChI is InChI=1S/C23H19F3N2O3/c1-14-9-10-16(12-15(14)2)21(29)28-20(13-17-6-5-11-31-17)22(30)27-19-8-4-3-7-18(19)23(24,25)26/h3-13H,1-2H3,(H,27,30)(H,28,29). The van der Waals surface area contributed by atoms with E-state index in [2.05, 4.69) is 10.6 Å². The second kappa shape index (κ2) is 8.91. The Morgan fingerprint density at radius 3 is 2.35 bits per heavy atom. The van der Waals surface area contributed by atoms with Crippen molar-refractivity contribution >= 4 is 23.6 Å². The topological polar surface area (TPSA) is 71.3 Å². The van der Waals surface area contributed by atoms with E-state index < -0.39 is 29.2 Å². The number of furan rings is 1. The highest BCUT2D eigenvalue weighted by Crippen LogP contribution is 2.34. The molecule has 0 saturated heterocycles. The number of alkyl halides is 3. The third-order valence-electron chi connectivity index (χ3n) is 4.57. The number of rotatable bonds is 5. The zero-order valence-corrected chi connectivity index (χ0v) is 16.7. The van der Waals surface area contributed by atoms with Gasteiger partial charge in [0.2, 0.25) is 0 Å². The number of aryl methyl sites for hydroxylation is 2. The van der Waals surface area contributed by atoms with E-state index in [4.69, 9.17) is 4.42 Å². The quantitative estimate of drug-likeness (QED) is 0.540. The molecule has 5 nitrogen and oxygen atoms in total. The maximum absolute atomic E-state index is 13.3. The van der Waals surface area contributed by atoms with Crippen LogP contribution in [0.4, 0.5) is 18.9 Å². The molecule has 0 atom stereocenters. The van der Waals surface area contributed by atoms with Gasteiger partial charge in [0.05, 0.1) is 17.5 Å². The number of para-hydroxylation sites is 1. The summed E-state index contributed by atoms with van der Waals surface area (Å²) < 4.78 is 44.9. The first-order chi connectivity index (χ1) is 14.6. The number of carbonyl (C=O) groups excluding carboxylic acids is 2. The van der Waals surface area contributed by atoms with E-state index in [-0.39, 0.29) is 11.5 Å². The molecule has 8 heteroatoms. The van der Waals surface area contributed by atoms with Crippen LogP contribution in [-0.2, 0) is 11.0 Å². The molecule has 0 bridgehead atoms. The lowest BCUT2D eigenvalue weighted by Crippen LogP contribution is -2.31. The van der Waals surface area contributed by atoms with Gasteiger partial charge in [-0.05, 0) is 61.4 Å². The van der Waals surface area contributed by atoms with Gasteiger partial charge in [0.25, 0.3) is 11.8 Å². The van der Waals surface area contributed by atoms with Crippen LogP contribution >= 0.6 is 0 Å². The van der Waals surface area contributed by atoms with E-state index in [1.807, 2.05) is 13.8 Å². The third-order valence-corrected chi connectivity index (χ3v) is 4.57. The van der Waals surface area contributed by atoms with Crippen LogP contribution in [0.25, 0.3) is 6.08 Å². The van der Waals surface area contributed by atoms with Gasteiger partial charge in [0.15, 0.2) is 0 Å². The zero-order chi connectivity index (χ0) is 22.6. The SMILES string of the molecule is Cc1ccc(C(=O)NC(=Cc2ccco2)C(=O)Nc2ccccc2C(F)(F)F)cc1C. The summed E-state index contributed by atoms with van der Waals surface area (Å²) in [5.41, 5.74) is 0.483. The average molecular weight is 428 g/mol. The number of carbonyl (C=O) groups is 2. The lowest BCUT2D eigenvalue weighted by Gasteiger charge is -2.15. The molecular weight excluding hydrogens is 409 g/mol. The summed E-state index contributed by atoms with van der Waals surface area (Å²) in [5.74, 6) is -1.26. The van der Waals surface area contributed by atoms with Crippen LogP contribution in [0.5, 0.6) is 0 Å². The number of hydrogen-bond donors (Lipinski definition) is 2. The maximum atomic E-state index is 13.3. The van der Waals surface area contributed by atoms with E-state index in [1.54, 1.807) is 30.3 Å². The summed E-state index contributed by atoms with van der Waals surface area (Å²) in [6, 6.07) is 12.7. The molecule has 2 amide bonds. The molecule has 2 N–H and O–H groups in total. The summed E-state index contributed by atoms with van der Waals surface area (Å²) >= 11 is 0. The molecule has 3 rings (SSSR count). The monoisotopic (exact) mass is 428 g/mol. The summed E-state index contributed by atoms with van der Waals surface area (Å²) in [6.45, 7) is 3.73. The Kier molecular flexibility index (Phi) is 6.29. The van der Waals surface area contributed by atoms with Gasteiger partial charge in [-0.3, -0.25) is 9.59 Å². The molecule has 0 fully saturated rings. The number of nitrogens with one attached hydrogen (secondary N) is 2. The first-order valence-corrected chi connectivity index (χ1v) is 9.26. The molecule has 160 valence electrons. The number of anilines is 1. The predicted molar refractivity (Wildman–Crippen MR) is 110 cm³/mol. The maximum Gasteiger partial charge on any atom is 0.418 e. The van der Waals surface area contributed by atoms with Crippen molar-refractivity contribution < 1.29 is 27.2 Å². The first-order valence-electron chi connectivity index (χ1n) is 9.26. The van der Waals surface area contributed by atoms with Crippen LogP contribution < -0.4 is 10.6 Å². The van der Waals surface area contributed by atoms with Crippen LogP contribution in [0.3, 0.4) is 0 Å². The lowest BCUT2D eigenvalue weighted by molar-refractivity contribution is -0.137. The molecule has 2 aromatic carbocycles. The molecule has 0 aliphatic heterocycles. The molecule has 0 spiro atoms. The van der Waals surface area contributed by atoms with Crippen molar-refractivity contribution in [3.05, 3.63) is 94.6 Å². The minimum atomic E-state index is -4.66. The van der Waals surface area contributed by atoms with Crippen LogP contribution in [0.2, 0.25) is 0 Å². The lowest BCUT2D eigenvalue weighted by atomic mass is 10.1. The molecule has 31 heavy (non-hydrogen) atoms. The van der Waals surface area contributed by atoms with E-state index in [9.17, 15) is 22.8 Å². The fourth-order valence-corrected chi connectivity index (χ4v) is 2.78. The van der Waals surface area contributed by atoms with Crippen molar-refractivity contribution in [3.8, 4) is 0 Å². The van der Waals surface area contributed by atoms with Crippen LogP contribution in [0.15, 0.2) is 71.0 Å². The molecule has 0 saturated carbocycles. The van der Waals surface area contributed by atoms with E-state index >= 15 is 0 Å². The normalized spacial score (nSPS) is 11.8. The van der Waals surface area contributed by atoms with Gasteiger partial charge < -0.3 is 15.1 Å². The van der Waals surface area contributed by atoms with Crippen molar-refractivity contribution in [2.24, 2.45) is 0 Å². The molecule has 0 aliphatic rings.